The van der Waals surface area contributed by atoms with Gasteiger partial charge in [-0.15, -0.1) is 0 Å². The Balaban J connectivity index is 2.28. The van der Waals surface area contributed by atoms with E-state index in [0.29, 0.717) is 24.9 Å². The Labute approximate surface area is 116 Å². The zero-order valence-corrected chi connectivity index (χ0v) is 11.6. The van der Waals surface area contributed by atoms with Crippen LogP contribution in [-0.4, -0.2) is 33.8 Å². The van der Waals surface area contributed by atoms with E-state index in [-0.39, 0.29) is 23.0 Å². The second kappa shape index (κ2) is 5.44. The Morgan fingerprint density at radius 3 is 2.60 bits per heavy atom. The van der Waals surface area contributed by atoms with Crippen molar-refractivity contribution >= 4 is 17.4 Å². The molecule has 1 amide bonds. The second-order valence-corrected chi connectivity index (χ2v) is 5.54. The number of nitrogens with zero attached hydrogens (tertiary/aromatic N) is 3. The van der Waals surface area contributed by atoms with Crippen molar-refractivity contribution in [2.75, 3.05) is 18.8 Å². The molecule has 0 bridgehead atoms. The number of aromatic nitrogens is 1. The van der Waals surface area contributed by atoms with Crippen LogP contribution in [0, 0.1) is 22.0 Å². The number of pyridine rings is 1. The Morgan fingerprint density at radius 1 is 1.45 bits per heavy atom. The van der Waals surface area contributed by atoms with Gasteiger partial charge in [0.15, 0.2) is 0 Å². The SMILES string of the molecule is CC1CC(C)CN(C(=O)c2cc([N+](=O)[O-])cnc2N)C1. The molecule has 1 saturated heterocycles. The molecule has 2 heterocycles. The Morgan fingerprint density at radius 2 is 2.05 bits per heavy atom. The number of nitro groups is 1. The molecule has 0 aromatic carbocycles. The van der Waals surface area contributed by atoms with E-state index >= 15 is 0 Å². The standard InChI is InChI=1S/C13H18N4O3/c1-8-3-9(2)7-16(6-8)13(18)11-4-10(17(19)20)5-15-12(11)14/h4-5,8-9H,3,6-7H2,1-2H3,(H2,14,15). The van der Waals surface area contributed by atoms with Gasteiger partial charge in [-0.2, -0.15) is 0 Å². The van der Waals surface area contributed by atoms with E-state index < -0.39 is 4.92 Å². The number of hydrogen-bond donors (Lipinski definition) is 1. The first-order chi connectivity index (χ1) is 9.38. The number of anilines is 1. The van der Waals surface area contributed by atoms with Crippen molar-refractivity contribution in [2.45, 2.75) is 20.3 Å². The van der Waals surface area contributed by atoms with Gasteiger partial charge >= 0.3 is 0 Å². The highest BCUT2D eigenvalue weighted by atomic mass is 16.6. The summed E-state index contributed by atoms with van der Waals surface area (Å²) < 4.78 is 0. The Bertz CT molecular complexity index is 536. The van der Waals surface area contributed by atoms with Gasteiger partial charge in [-0.05, 0) is 18.3 Å². The van der Waals surface area contributed by atoms with Crippen molar-refractivity contribution in [3.63, 3.8) is 0 Å². The Hall–Kier alpha value is -2.18. The molecule has 0 aliphatic carbocycles. The highest BCUT2D eigenvalue weighted by Gasteiger charge is 2.28. The molecule has 1 aliphatic rings. The van der Waals surface area contributed by atoms with E-state index in [9.17, 15) is 14.9 Å². The van der Waals surface area contributed by atoms with Crippen molar-refractivity contribution in [1.29, 1.82) is 0 Å². The monoisotopic (exact) mass is 278 g/mol. The van der Waals surface area contributed by atoms with Crippen LogP contribution >= 0.6 is 0 Å². The minimum absolute atomic E-state index is 0.0338. The van der Waals surface area contributed by atoms with Gasteiger partial charge in [0.25, 0.3) is 11.6 Å². The number of carbonyl (C=O) groups excluding carboxylic acids is 1. The lowest BCUT2D eigenvalue weighted by molar-refractivity contribution is -0.385. The summed E-state index contributed by atoms with van der Waals surface area (Å²) in [6.45, 7) is 5.46. The summed E-state index contributed by atoms with van der Waals surface area (Å²) in [5, 5.41) is 10.8. The van der Waals surface area contributed by atoms with E-state index in [1.165, 1.54) is 6.07 Å². The topological polar surface area (TPSA) is 102 Å². The second-order valence-electron chi connectivity index (χ2n) is 5.54. The van der Waals surface area contributed by atoms with Crippen molar-refractivity contribution in [1.82, 2.24) is 9.88 Å². The number of rotatable bonds is 2. The van der Waals surface area contributed by atoms with Crippen LogP contribution in [0.5, 0.6) is 0 Å². The van der Waals surface area contributed by atoms with E-state index in [1.807, 2.05) is 0 Å². The zero-order valence-electron chi connectivity index (χ0n) is 11.6. The number of nitrogen functional groups attached to an aromatic ring is 1. The quantitative estimate of drug-likeness (QED) is 0.655. The third-order valence-corrected chi connectivity index (χ3v) is 3.50. The summed E-state index contributed by atoms with van der Waals surface area (Å²) in [6, 6.07) is 1.20. The molecule has 1 aliphatic heterocycles. The number of piperidine rings is 1. The highest BCUT2D eigenvalue weighted by Crippen LogP contribution is 2.25. The molecule has 7 heteroatoms. The molecular formula is C13H18N4O3. The maximum absolute atomic E-state index is 12.5. The molecule has 2 N–H and O–H groups in total. The maximum Gasteiger partial charge on any atom is 0.288 e. The highest BCUT2D eigenvalue weighted by molar-refractivity contribution is 5.99. The van der Waals surface area contributed by atoms with Crippen LogP contribution in [0.25, 0.3) is 0 Å². The molecular weight excluding hydrogens is 260 g/mol. The van der Waals surface area contributed by atoms with E-state index in [2.05, 4.69) is 18.8 Å². The fraction of sp³-hybridized carbons (Fsp3) is 0.538. The molecule has 0 spiro atoms. The lowest BCUT2D eigenvalue weighted by Gasteiger charge is -2.35. The minimum Gasteiger partial charge on any atom is -0.383 e. The van der Waals surface area contributed by atoms with Crippen molar-refractivity contribution in [3.05, 3.63) is 27.9 Å². The molecule has 2 unspecified atom stereocenters. The first-order valence-electron chi connectivity index (χ1n) is 6.57. The molecule has 2 rings (SSSR count). The molecule has 108 valence electrons. The van der Waals surface area contributed by atoms with E-state index in [1.54, 1.807) is 4.90 Å². The van der Waals surface area contributed by atoms with Gasteiger partial charge in [0, 0.05) is 19.2 Å². The van der Waals surface area contributed by atoms with Gasteiger partial charge in [0.1, 0.15) is 12.0 Å². The predicted molar refractivity (Wildman–Crippen MR) is 74.2 cm³/mol. The predicted octanol–water partition coefficient (Wildman–Crippen LogP) is 1.69. The van der Waals surface area contributed by atoms with E-state index in [4.69, 9.17) is 5.73 Å². The van der Waals surface area contributed by atoms with Crippen molar-refractivity contribution < 1.29 is 9.72 Å². The summed E-state index contributed by atoms with van der Waals surface area (Å²) in [6.07, 6.45) is 2.14. The number of hydrogen-bond acceptors (Lipinski definition) is 5. The van der Waals surface area contributed by atoms with Gasteiger partial charge in [-0.3, -0.25) is 14.9 Å². The molecule has 2 atom stereocenters. The summed E-state index contributed by atoms with van der Waals surface area (Å²) in [4.78, 5) is 28.1. The van der Waals surface area contributed by atoms with Gasteiger partial charge in [0.05, 0.1) is 10.5 Å². The number of nitrogens with two attached hydrogens (primary N) is 1. The summed E-state index contributed by atoms with van der Waals surface area (Å²) >= 11 is 0. The number of likely N-dealkylation sites (tertiary alicyclic amines) is 1. The third-order valence-electron chi connectivity index (χ3n) is 3.50. The van der Waals surface area contributed by atoms with E-state index in [0.717, 1.165) is 12.6 Å². The lowest BCUT2D eigenvalue weighted by atomic mass is 9.91. The van der Waals surface area contributed by atoms with Crippen molar-refractivity contribution in [2.24, 2.45) is 11.8 Å². The number of amides is 1. The van der Waals surface area contributed by atoms with Gasteiger partial charge in [-0.1, -0.05) is 13.8 Å². The Kier molecular flexibility index (Phi) is 3.87. The first-order valence-corrected chi connectivity index (χ1v) is 6.57. The van der Waals surface area contributed by atoms with Gasteiger partial charge in [-0.25, -0.2) is 4.98 Å². The molecule has 1 aromatic heterocycles. The summed E-state index contributed by atoms with van der Waals surface area (Å²) in [7, 11) is 0. The lowest BCUT2D eigenvalue weighted by Crippen LogP contribution is -2.42. The normalized spacial score (nSPS) is 22.6. The van der Waals surface area contributed by atoms with Gasteiger partial charge < -0.3 is 10.6 Å². The largest absolute Gasteiger partial charge is 0.383 e. The molecule has 1 aromatic rings. The summed E-state index contributed by atoms with van der Waals surface area (Å²) in [5.74, 6) is 0.578. The average molecular weight is 278 g/mol. The summed E-state index contributed by atoms with van der Waals surface area (Å²) in [5.41, 5.74) is 5.58. The molecule has 20 heavy (non-hydrogen) atoms. The minimum atomic E-state index is -0.579. The molecule has 1 fully saturated rings. The van der Waals surface area contributed by atoms with Crippen LogP contribution in [0.3, 0.4) is 0 Å². The fourth-order valence-electron chi connectivity index (χ4n) is 2.73. The van der Waals surface area contributed by atoms with Crippen LogP contribution in [0.4, 0.5) is 11.5 Å². The fourth-order valence-corrected chi connectivity index (χ4v) is 2.73. The average Bonchev–Trinajstić information content (AvgIpc) is 2.37. The molecule has 0 saturated carbocycles. The zero-order chi connectivity index (χ0) is 14.9. The molecule has 0 radical (unpaired) electrons. The van der Waals surface area contributed by atoms with Crippen molar-refractivity contribution in [3.8, 4) is 0 Å². The maximum atomic E-state index is 12.5. The number of carbonyl (C=O) groups is 1. The molecule has 7 nitrogen and oxygen atoms in total. The van der Waals surface area contributed by atoms with Crippen LogP contribution in [0.15, 0.2) is 12.3 Å². The van der Waals surface area contributed by atoms with Crippen LogP contribution in [-0.2, 0) is 0 Å². The van der Waals surface area contributed by atoms with Crippen LogP contribution < -0.4 is 5.73 Å². The smallest absolute Gasteiger partial charge is 0.288 e. The first kappa shape index (κ1) is 14.2. The third kappa shape index (κ3) is 2.87. The van der Waals surface area contributed by atoms with Crippen LogP contribution in [0.2, 0.25) is 0 Å². The van der Waals surface area contributed by atoms with Crippen LogP contribution in [0.1, 0.15) is 30.6 Å². The van der Waals surface area contributed by atoms with Gasteiger partial charge in [0.2, 0.25) is 0 Å².